The van der Waals surface area contributed by atoms with Gasteiger partial charge in [0, 0.05) is 54.8 Å². The molecular formula is C29H29F6N5O2. The molecule has 7 nitrogen and oxygen atoms in total. The summed E-state index contributed by atoms with van der Waals surface area (Å²) in [6.45, 7) is 5.34. The lowest BCUT2D eigenvalue weighted by Gasteiger charge is -2.39. The number of carbonyl (C=O) groups is 1. The van der Waals surface area contributed by atoms with Gasteiger partial charge in [-0.2, -0.15) is 18.3 Å². The standard InChI is InChI=1S/C29H29F6N5O2/c1-16-14-39(10-9-38(16)15-18-11-19(30)12-22(31)23(18)32)27(41)21-13-36-40-25(29(33,34)35)17(2)24(37-26(21)40)28(3)7-5-20(42-4)6-8-28/h5-7,11-13,16H,8-10,14-15H2,1-4H3/t16-,28?/m0/s1. The Balaban J connectivity index is 1.46. The number of hydrogen-bond donors (Lipinski definition) is 0. The zero-order valence-corrected chi connectivity index (χ0v) is 23.4. The molecule has 13 heteroatoms. The second-order valence-electron chi connectivity index (χ2n) is 10.9. The first-order valence-electron chi connectivity index (χ1n) is 13.3. The number of hydrogen-bond acceptors (Lipinski definition) is 5. The van der Waals surface area contributed by atoms with Crippen molar-refractivity contribution < 1.29 is 35.9 Å². The number of carbonyl (C=O) groups excluding carboxylic acids is 1. The SMILES string of the molecule is COC1=CCC(C)(c2nc3c(C(=O)N4CCN(Cc5cc(F)cc(F)c5F)[C@@H](C)C4)cnn3c(C(F)(F)F)c2C)C=C1. The molecule has 2 aliphatic rings. The summed E-state index contributed by atoms with van der Waals surface area (Å²) < 4.78 is 90.6. The summed E-state index contributed by atoms with van der Waals surface area (Å²) >= 11 is 0. The average Bonchev–Trinajstić information content (AvgIpc) is 3.34. The fourth-order valence-corrected chi connectivity index (χ4v) is 5.68. The summed E-state index contributed by atoms with van der Waals surface area (Å²) in [4.78, 5) is 21.5. The molecule has 0 radical (unpaired) electrons. The molecule has 3 heterocycles. The monoisotopic (exact) mass is 593 g/mol. The van der Waals surface area contributed by atoms with E-state index in [9.17, 15) is 31.1 Å². The summed E-state index contributed by atoms with van der Waals surface area (Å²) in [6, 6.07) is 1.05. The van der Waals surface area contributed by atoms with E-state index in [1.165, 1.54) is 18.9 Å². The van der Waals surface area contributed by atoms with Crippen LogP contribution >= 0.6 is 0 Å². The summed E-state index contributed by atoms with van der Waals surface area (Å²) in [5.74, 6) is -3.29. The average molecular weight is 594 g/mol. The predicted octanol–water partition coefficient (Wildman–Crippen LogP) is 5.57. The number of piperazine rings is 1. The highest BCUT2D eigenvalue weighted by Crippen LogP contribution is 2.40. The fraction of sp³-hybridized carbons (Fsp3) is 0.414. The Hall–Kier alpha value is -3.87. The van der Waals surface area contributed by atoms with Crippen LogP contribution in [0, 0.1) is 24.4 Å². The third-order valence-electron chi connectivity index (χ3n) is 8.00. The van der Waals surface area contributed by atoms with Crippen molar-refractivity contribution in [2.24, 2.45) is 0 Å². The lowest BCUT2D eigenvalue weighted by Crippen LogP contribution is -2.53. The molecule has 5 rings (SSSR count). The number of alkyl halides is 3. The summed E-state index contributed by atoms with van der Waals surface area (Å²) in [7, 11) is 1.50. The van der Waals surface area contributed by atoms with E-state index in [0.717, 1.165) is 12.3 Å². The van der Waals surface area contributed by atoms with Crippen molar-refractivity contribution in [3.05, 3.63) is 87.8 Å². The van der Waals surface area contributed by atoms with Crippen LogP contribution in [-0.4, -0.2) is 63.1 Å². The molecule has 0 spiro atoms. The van der Waals surface area contributed by atoms with Crippen molar-refractivity contribution in [3.8, 4) is 0 Å². The molecule has 0 saturated carbocycles. The minimum Gasteiger partial charge on any atom is -0.497 e. The van der Waals surface area contributed by atoms with Crippen molar-refractivity contribution in [1.29, 1.82) is 0 Å². The molecule has 1 aromatic carbocycles. The van der Waals surface area contributed by atoms with Gasteiger partial charge in [0.05, 0.1) is 19.0 Å². The van der Waals surface area contributed by atoms with Crippen molar-refractivity contribution in [2.45, 2.75) is 51.4 Å². The van der Waals surface area contributed by atoms with Gasteiger partial charge in [-0.25, -0.2) is 22.7 Å². The molecule has 0 bridgehead atoms. The van der Waals surface area contributed by atoms with Gasteiger partial charge < -0.3 is 9.64 Å². The molecule has 1 amide bonds. The molecule has 1 saturated heterocycles. The number of fused-ring (bicyclic) bond motifs is 1. The van der Waals surface area contributed by atoms with Gasteiger partial charge in [-0.05, 0) is 38.5 Å². The Labute approximate surface area is 238 Å². The Morgan fingerprint density at radius 2 is 1.93 bits per heavy atom. The Morgan fingerprint density at radius 3 is 2.55 bits per heavy atom. The van der Waals surface area contributed by atoms with Gasteiger partial charge >= 0.3 is 6.18 Å². The van der Waals surface area contributed by atoms with E-state index >= 15 is 0 Å². The number of nitrogens with zero attached hydrogens (tertiary/aromatic N) is 5. The third-order valence-corrected chi connectivity index (χ3v) is 8.00. The van der Waals surface area contributed by atoms with E-state index in [2.05, 4.69) is 10.1 Å². The maximum absolute atomic E-state index is 14.4. The first kappa shape index (κ1) is 29.6. The third kappa shape index (κ3) is 5.25. The fourth-order valence-electron chi connectivity index (χ4n) is 5.68. The number of ether oxygens (including phenoxy) is 1. The van der Waals surface area contributed by atoms with Gasteiger partial charge in [0.1, 0.15) is 17.1 Å². The van der Waals surface area contributed by atoms with Crippen molar-refractivity contribution >= 4 is 11.6 Å². The van der Waals surface area contributed by atoms with Gasteiger partial charge in [-0.3, -0.25) is 9.69 Å². The molecule has 1 aliphatic heterocycles. The van der Waals surface area contributed by atoms with Gasteiger partial charge in [-0.1, -0.05) is 13.0 Å². The van der Waals surface area contributed by atoms with Crippen LogP contribution in [0.4, 0.5) is 26.3 Å². The lowest BCUT2D eigenvalue weighted by atomic mass is 9.78. The smallest absolute Gasteiger partial charge is 0.433 e. The molecule has 1 fully saturated rings. The van der Waals surface area contributed by atoms with Crippen molar-refractivity contribution in [1.82, 2.24) is 24.4 Å². The molecule has 0 N–H and O–H groups in total. The van der Waals surface area contributed by atoms with Crippen molar-refractivity contribution in [3.63, 3.8) is 0 Å². The van der Waals surface area contributed by atoms with Crippen LogP contribution in [0.15, 0.2) is 42.3 Å². The number of amides is 1. The van der Waals surface area contributed by atoms with Crippen molar-refractivity contribution in [2.75, 3.05) is 26.7 Å². The Kier molecular flexibility index (Phi) is 7.58. The topological polar surface area (TPSA) is 63.0 Å². The van der Waals surface area contributed by atoms with Crippen LogP contribution < -0.4 is 0 Å². The maximum Gasteiger partial charge on any atom is 0.433 e. The minimum atomic E-state index is -4.78. The van der Waals surface area contributed by atoms with E-state index in [1.54, 1.807) is 37.0 Å². The van der Waals surface area contributed by atoms with Crippen LogP contribution in [0.5, 0.6) is 0 Å². The number of halogens is 6. The molecular weight excluding hydrogens is 564 g/mol. The highest BCUT2D eigenvalue weighted by atomic mass is 19.4. The van der Waals surface area contributed by atoms with Gasteiger partial charge in [0.25, 0.3) is 5.91 Å². The minimum absolute atomic E-state index is 0.0785. The Bertz CT molecular complexity index is 1610. The van der Waals surface area contributed by atoms with Crippen LogP contribution in [0.25, 0.3) is 5.65 Å². The largest absolute Gasteiger partial charge is 0.497 e. The highest BCUT2D eigenvalue weighted by molar-refractivity contribution is 5.99. The maximum atomic E-state index is 14.4. The lowest BCUT2D eigenvalue weighted by molar-refractivity contribution is -0.143. The number of rotatable bonds is 5. The van der Waals surface area contributed by atoms with E-state index in [1.807, 2.05) is 0 Å². The van der Waals surface area contributed by atoms with E-state index < -0.39 is 40.6 Å². The number of benzene rings is 1. The predicted molar refractivity (Wildman–Crippen MR) is 141 cm³/mol. The summed E-state index contributed by atoms with van der Waals surface area (Å²) in [5, 5.41) is 3.93. The second-order valence-corrected chi connectivity index (χ2v) is 10.9. The van der Waals surface area contributed by atoms with Crippen LogP contribution in [0.1, 0.15) is 53.1 Å². The molecule has 224 valence electrons. The molecule has 1 aliphatic carbocycles. The highest BCUT2D eigenvalue weighted by Gasteiger charge is 2.42. The molecule has 42 heavy (non-hydrogen) atoms. The number of aromatic nitrogens is 3. The zero-order chi connectivity index (χ0) is 30.6. The van der Waals surface area contributed by atoms with E-state index in [0.29, 0.717) is 22.8 Å². The molecule has 3 aromatic rings. The quantitative estimate of drug-likeness (QED) is 0.286. The zero-order valence-electron chi connectivity index (χ0n) is 23.4. The molecule has 2 atom stereocenters. The summed E-state index contributed by atoms with van der Waals surface area (Å²) in [6.07, 6.45) is 1.83. The van der Waals surface area contributed by atoms with Crippen LogP contribution in [0.3, 0.4) is 0 Å². The first-order valence-corrected chi connectivity index (χ1v) is 13.3. The van der Waals surface area contributed by atoms with Gasteiger partial charge in [0.2, 0.25) is 0 Å². The van der Waals surface area contributed by atoms with Crippen LogP contribution in [0.2, 0.25) is 0 Å². The van der Waals surface area contributed by atoms with E-state index in [-0.39, 0.29) is 60.3 Å². The molecule has 2 aromatic heterocycles. The number of methoxy groups -OCH3 is 1. The van der Waals surface area contributed by atoms with Gasteiger partial charge in [-0.15, -0.1) is 0 Å². The second kappa shape index (κ2) is 10.8. The van der Waals surface area contributed by atoms with Gasteiger partial charge in [0.15, 0.2) is 23.0 Å². The number of allylic oxidation sites excluding steroid dienone is 3. The Morgan fingerprint density at radius 1 is 1.19 bits per heavy atom. The summed E-state index contributed by atoms with van der Waals surface area (Å²) in [5.41, 5.74) is -2.28. The van der Waals surface area contributed by atoms with E-state index in [4.69, 9.17) is 4.74 Å². The van der Waals surface area contributed by atoms with Crippen LogP contribution in [-0.2, 0) is 22.9 Å². The normalized spacial score (nSPS) is 21.6. The molecule has 1 unspecified atom stereocenters. The first-order chi connectivity index (χ1) is 19.7.